The van der Waals surface area contributed by atoms with Crippen molar-refractivity contribution in [2.75, 3.05) is 39.4 Å². The maximum absolute atomic E-state index is 12.2. The molecule has 1 fully saturated rings. The molecule has 0 aliphatic carbocycles. The Morgan fingerprint density at radius 2 is 2.09 bits per heavy atom. The molecule has 5 nitrogen and oxygen atoms in total. The van der Waals surface area contributed by atoms with Gasteiger partial charge in [-0.05, 0) is 25.3 Å². The van der Waals surface area contributed by atoms with E-state index in [2.05, 4.69) is 27.7 Å². The number of nitrogens with zero attached hydrogens (tertiary/aromatic N) is 1. The molecule has 0 bridgehead atoms. The van der Waals surface area contributed by atoms with Crippen molar-refractivity contribution in [3.8, 4) is 0 Å². The zero-order valence-electron chi connectivity index (χ0n) is 13.6. The molecule has 1 unspecified atom stereocenters. The van der Waals surface area contributed by atoms with Gasteiger partial charge in [0.05, 0.1) is 24.7 Å². The Balaban J connectivity index is 0.00000242. The summed E-state index contributed by atoms with van der Waals surface area (Å²) in [6.07, 6.45) is 0. The third-order valence-electron chi connectivity index (χ3n) is 3.94. The first-order chi connectivity index (χ1) is 10.0. The van der Waals surface area contributed by atoms with Crippen molar-refractivity contribution >= 4 is 42.1 Å². The molecule has 1 aliphatic heterocycles. The van der Waals surface area contributed by atoms with Crippen molar-refractivity contribution < 1.29 is 9.53 Å². The van der Waals surface area contributed by atoms with Gasteiger partial charge in [0, 0.05) is 31.1 Å². The average molecular weight is 384 g/mol. The number of hydrogen-bond donors (Lipinski definition) is 2. The van der Waals surface area contributed by atoms with Gasteiger partial charge in [0.1, 0.15) is 0 Å². The van der Waals surface area contributed by atoms with E-state index in [9.17, 15) is 4.79 Å². The monoisotopic (exact) mass is 383 g/mol. The molecule has 23 heavy (non-hydrogen) atoms. The van der Waals surface area contributed by atoms with Crippen molar-refractivity contribution in [2.45, 2.75) is 19.9 Å². The highest BCUT2D eigenvalue weighted by molar-refractivity contribution is 7.10. The lowest BCUT2D eigenvalue weighted by atomic mass is 9.92. The van der Waals surface area contributed by atoms with Crippen molar-refractivity contribution in [3.63, 3.8) is 0 Å². The van der Waals surface area contributed by atoms with E-state index < -0.39 is 5.41 Å². The van der Waals surface area contributed by atoms with Crippen LogP contribution in [-0.2, 0) is 9.53 Å². The molecule has 2 heterocycles. The maximum Gasteiger partial charge on any atom is 0.227 e. The molecule has 134 valence electrons. The fraction of sp³-hybridized carbons (Fsp3) is 0.667. The summed E-state index contributed by atoms with van der Waals surface area (Å²) in [6.45, 7) is 8.02. The fourth-order valence-corrected chi connectivity index (χ4v) is 3.16. The van der Waals surface area contributed by atoms with Gasteiger partial charge in [0.25, 0.3) is 0 Å². The molecule has 2 rings (SSSR count). The van der Waals surface area contributed by atoms with Crippen LogP contribution >= 0.6 is 36.2 Å². The van der Waals surface area contributed by atoms with Crippen LogP contribution in [0, 0.1) is 5.41 Å². The number of rotatable bonds is 6. The van der Waals surface area contributed by atoms with E-state index in [1.54, 1.807) is 11.3 Å². The molecular formula is C15H27Cl2N3O2S. The van der Waals surface area contributed by atoms with Crippen LogP contribution in [0.3, 0.4) is 0 Å². The number of morpholine rings is 1. The van der Waals surface area contributed by atoms with Crippen LogP contribution in [0.4, 0.5) is 0 Å². The molecule has 0 radical (unpaired) electrons. The molecule has 1 aromatic rings. The van der Waals surface area contributed by atoms with Crippen molar-refractivity contribution in [1.29, 1.82) is 0 Å². The number of halogens is 2. The standard InChI is InChI=1S/C15H25N3O2S.2ClH/c1-15(2,11-16)14(19)17-10-12(13-4-3-9-21-13)18-5-7-20-8-6-18;;/h3-4,9,12H,5-8,10-11,16H2,1-2H3,(H,17,19);2*1H. The van der Waals surface area contributed by atoms with Crippen LogP contribution in [-0.4, -0.2) is 50.2 Å². The van der Waals surface area contributed by atoms with Gasteiger partial charge in [-0.3, -0.25) is 9.69 Å². The van der Waals surface area contributed by atoms with Crippen molar-refractivity contribution in [3.05, 3.63) is 22.4 Å². The zero-order chi connectivity index (χ0) is 15.3. The number of amides is 1. The molecule has 0 saturated carbocycles. The minimum absolute atomic E-state index is 0. The Morgan fingerprint density at radius 3 is 2.61 bits per heavy atom. The Morgan fingerprint density at radius 1 is 1.43 bits per heavy atom. The van der Waals surface area contributed by atoms with E-state index in [1.165, 1.54) is 4.88 Å². The topological polar surface area (TPSA) is 67.6 Å². The number of hydrogen-bond acceptors (Lipinski definition) is 5. The van der Waals surface area contributed by atoms with E-state index in [0.717, 1.165) is 26.3 Å². The second-order valence-corrected chi connectivity index (χ2v) is 6.96. The summed E-state index contributed by atoms with van der Waals surface area (Å²) in [4.78, 5) is 15.9. The van der Waals surface area contributed by atoms with Gasteiger partial charge in [-0.2, -0.15) is 0 Å². The van der Waals surface area contributed by atoms with Crippen molar-refractivity contribution in [1.82, 2.24) is 10.2 Å². The first-order valence-electron chi connectivity index (χ1n) is 7.38. The summed E-state index contributed by atoms with van der Waals surface area (Å²) in [5, 5.41) is 5.14. The summed E-state index contributed by atoms with van der Waals surface area (Å²) >= 11 is 1.73. The van der Waals surface area contributed by atoms with E-state index in [0.29, 0.717) is 13.1 Å². The normalized spacial score (nSPS) is 16.8. The Labute approximate surface area is 154 Å². The summed E-state index contributed by atoms with van der Waals surface area (Å²) in [5.41, 5.74) is 5.14. The van der Waals surface area contributed by atoms with Crippen LogP contribution in [0.1, 0.15) is 24.8 Å². The third-order valence-corrected chi connectivity index (χ3v) is 4.91. The molecular weight excluding hydrogens is 357 g/mol. The van der Waals surface area contributed by atoms with Gasteiger partial charge in [-0.25, -0.2) is 0 Å². The zero-order valence-corrected chi connectivity index (χ0v) is 16.1. The lowest BCUT2D eigenvalue weighted by Gasteiger charge is -2.34. The third kappa shape index (κ3) is 6.21. The number of nitrogens with one attached hydrogen (secondary N) is 1. The number of carbonyl (C=O) groups is 1. The number of carbonyl (C=O) groups excluding carboxylic acids is 1. The summed E-state index contributed by atoms with van der Waals surface area (Å²) in [5.74, 6) is 0.0137. The molecule has 1 saturated heterocycles. The highest BCUT2D eigenvalue weighted by Crippen LogP contribution is 2.25. The van der Waals surface area contributed by atoms with Crippen LogP contribution < -0.4 is 11.1 Å². The largest absolute Gasteiger partial charge is 0.379 e. The number of ether oxygens (including phenoxy) is 1. The Kier molecular flexibility index (Phi) is 10.3. The first kappa shape index (κ1) is 22.6. The predicted molar refractivity (Wildman–Crippen MR) is 99.8 cm³/mol. The van der Waals surface area contributed by atoms with Gasteiger partial charge in [-0.15, -0.1) is 36.2 Å². The maximum atomic E-state index is 12.2. The summed E-state index contributed by atoms with van der Waals surface area (Å²) in [7, 11) is 0. The van der Waals surface area contributed by atoms with Gasteiger partial charge < -0.3 is 15.8 Å². The van der Waals surface area contributed by atoms with Gasteiger partial charge in [0.15, 0.2) is 0 Å². The SMILES string of the molecule is CC(C)(CN)C(=O)NCC(c1cccs1)N1CCOCC1.Cl.Cl. The fourth-order valence-electron chi connectivity index (χ4n) is 2.30. The lowest BCUT2D eigenvalue weighted by molar-refractivity contribution is -0.129. The summed E-state index contributed by atoms with van der Waals surface area (Å²) < 4.78 is 5.42. The average Bonchev–Trinajstić information content (AvgIpc) is 3.02. The quantitative estimate of drug-likeness (QED) is 0.788. The molecule has 1 aliphatic rings. The van der Waals surface area contributed by atoms with Crippen LogP contribution in [0.15, 0.2) is 17.5 Å². The highest BCUT2D eigenvalue weighted by atomic mass is 35.5. The Bertz CT molecular complexity index is 452. The van der Waals surface area contributed by atoms with Crippen LogP contribution in [0.25, 0.3) is 0 Å². The van der Waals surface area contributed by atoms with E-state index >= 15 is 0 Å². The minimum Gasteiger partial charge on any atom is -0.379 e. The van der Waals surface area contributed by atoms with Gasteiger partial charge in [-0.1, -0.05) is 6.07 Å². The lowest BCUT2D eigenvalue weighted by Crippen LogP contribution is -2.47. The van der Waals surface area contributed by atoms with Gasteiger partial charge >= 0.3 is 0 Å². The van der Waals surface area contributed by atoms with E-state index in [4.69, 9.17) is 10.5 Å². The summed E-state index contributed by atoms with van der Waals surface area (Å²) in [6, 6.07) is 4.40. The molecule has 0 spiro atoms. The molecule has 8 heteroatoms. The second-order valence-electron chi connectivity index (χ2n) is 5.98. The Hall–Kier alpha value is -0.370. The van der Waals surface area contributed by atoms with E-state index in [-0.39, 0.29) is 36.8 Å². The molecule has 0 aromatic carbocycles. The van der Waals surface area contributed by atoms with Crippen LogP contribution in [0.5, 0.6) is 0 Å². The predicted octanol–water partition coefficient (Wildman–Crippen LogP) is 2.07. The number of nitrogens with two attached hydrogens (primary N) is 1. The van der Waals surface area contributed by atoms with E-state index in [1.807, 2.05) is 13.8 Å². The van der Waals surface area contributed by atoms with Crippen molar-refractivity contribution in [2.24, 2.45) is 11.1 Å². The molecule has 1 amide bonds. The van der Waals surface area contributed by atoms with Crippen LogP contribution in [0.2, 0.25) is 0 Å². The molecule has 3 N–H and O–H groups in total. The molecule has 1 atom stereocenters. The first-order valence-corrected chi connectivity index (χ1v) is 8.26. The second kappa shape index (κ2) is 10.5. The molecule has 1 aromatic heterocycles. The number of thiophene rings is 1. The smallest absolute Gasteiger partial charge is 0.227 e. The van der Waals surface area contributed by atoms with Gasteiger partial charge in [0.2, 0.25) is 5.91 Å². The highest BCUT2D eigenvalue weighted by Gasteiger charge is 2.28. The minimum atomic E-state index is -0.523.